The SMILES string of the molecule is CC1CCN(C(=O)c2ccc(Br)c([N+](=O)[O-])c2)CC1C. The number of nitro groups is 1. The molecule has 1 aliphatic heterocycles. The molecule has 0 N–H and O–H groups in total. The average molecular weight is 341 g/mol. The van der Waals surface area contributed by atoms with Gasteiger partial charge >= 0.3 is 0 Å². The number of carbonyl (C=O) groups is 1. The Labute approximate surface area is 126 Å². The third kappa shape index (κ3) is 3.00. The molecule has 1 aromatic rings. The average Bonchev–Trinajstić information content (AvgIpc) is 2.41. The van der Waals surface area contributed by atoms with E-state index in [1.807, 2.05) is 0 Å². The van der Waals surface area contributed by atoms with Crippen molar-refractivity contribution in [1.82, 2.24) is 4.90 Å². The number of hydrogen-bond acceptors (Lipinski definition) is 3. The molecule has 20 heavy (non-hydrogen) atoms. The number of benzene rings is 1. The third-order valence-electron chi connectivity index (χ3n) is 4.01. The minimum Gasteiger partial charge on any atom is -0.338 e. The van der Waals surface area contributed by atoms with Crippen LogP contribution in [0.25, 0.3) is 0 Å². The Morgan fingerprint density at radius 3 is 2.70 bits per heavy atom. The zero-order chi connectivity index (χ0) is 14.9. The molecule has 2 unspecified atom stereocenters. The van der Waals surface area contributed by atoms with Crippen molar-refractivity contribution >= 4 is 27.5 Å². The molecule has 0 aliphatic carbocycles. The van der Waals surface area contributed by atoms with Gasteiger partial charge in [0.1, 0.15) is 0 Å². The Morgan fingerprint density at radius 2 is 2.10 bits per heavy atom. The van der Waals surface area contributed by atoms with Gasteiger partial charge in [0.2, 0.25) is 0 Å². The van der Waals surface area contributed by atoms with Gasteiger partial charge in [0, 0.05) is 24.7 Å². The van der Waals surface area contributed by atoms with Crippen molar-refractivity contribution in [2.45, 2.75) is 20.3 Å². The van der Waals surface area contributed by atoms with Crippen LogP contribution in [-0.2, 0) is 0 Å². The Morgan fingerprint density at radius 1 is 1.40 bits per heavy atom. The van der Waals surface area contributed by atoms with Crippen LogP contribution >= 0.6 is 15.9 Å². The molecule has 1 amide bonds. The van der Waals surface area contributed by atoms with Gasteiger partial charge in [-0.3, -0.25) is 14.9 Å². The first-order valence-corrected chi connectivity index (χ1v) is 7.42. The van der Waals surface area contributed by atoms with Crippen molar-refractivity contribution < 1.29 is 9.72 Å². The highest BCUT2D eigenvalue weighted by atomic mass is 79.9. The lowest BCUT2D eigenvalue weighted by atomic mass is 9.88. The molecular formula is C14H17BrN2O3. The molecule has 2 atom stereocenters. The number of piperidine rings is 1. The van der Waals surface area contributed by atoms with E-state index < -0.39 is 4.92 Å². The monoisotopic (exact) mass is 340 g/mol. The van der Waals surface area contributed by atoms with Gasteiger partial charge in [-0.15, -0.1) is 0 Å². The van der Waals surface area contributed by atoms with Crippen LogP contribution in [0.4, 0.5) is 5.69 Å². The number of carbonyl (C=O) groups excluding carboxylic acids is 1. The smallest absolute Gasteiger partial charge is 0.284 e. The fourth-order valence-electron chi connectivity index (χ4n) is 2.42. The molecule has 0 bridgehead atoms. The standard InChI is InChI=1S/C14H17BrN2O3/c1-9-5-6-16(8-10(9)2)14(18)11-3-4-12(15)13(7-11)17(19)20/h3-4,7,9-10H,5-6,8H2,1-2H3. The number of amides is 1. The molecule has 1 fully saturated rings. The molecule has 0 aromatic heterocycles. The largest absolute Gasteiger partial charge is 0.338 e. The Hall–Kier alpha value is -1.43. The topological polar surface area (TPSA) is 63.5 Å². The van der Waals surface area contributed by atoms with Gasteiger partial charge in [0.15, 0.2) is 0 Å². The predicted molar refractivity (Wildman–Crippen MR) is 79.6 cm³/mol. The summed E-state index contributed by atoms with van der Waals surface area (Å²) in [5.74, 6) is 0.941. The summed E-state index contributed by atoms with van der Waals surface area (Å²) >= 11 is 3.13. The predicted octanol–water partition coefficient (Wildman–Crippen LogP) is 3.48. The van der Waals surface area contributed by atoms with Crippen LogP contribution < -0.4 is 0 Å². The van der Waals surface area contributed by atoms with Crippen LogP contribution in [0.2, 0.25) is 0 Å². The molecule has 6 heteroatoms. The molecule has 2 rings (SSSR count). The summed E-state index contributed by atoms with van der Waals surface area (Å²) in [6, 6.07) is 4.53. The van der Waals surface area contributed by atoms with Crippen molar-refractivity contribution in [2.75, 3.05) is 13.1 Å². The summed E-state index contributed by atoms with van der Waals surface area (Å²) < 4.78 is 0.389. The van der Waals surface area contributed by atoms with E-state index in [1.54, 1.807) is 17.0 Å². The molecule has 1 heterocycles. The van der Waals surface area contributed by atoms with Crippen LogP contribution in [0.5, 0.6) is 0 Å². The van der Waals surface area contributed by atoms with E-state index in [1.165, 1.54) is 6.07 Å². The summed E-state index contributed by atoms with van der Waals surface area (Å²) in [7, 11) is 0. The van der Waals surface area contributed by atoms with E-state index in [4.69, 9.17) is 0 Å². The second kappa shape index (κ2) is 5.91. The van der Waals surface area contributed by atoms with E-state index in [9.17, 15) is 14.9 Å². The summed E-state index contributed by atoms with van der Waals surface area (Å²) in [5, 5.41) is 10.9. The molecule has 1 aliphatic rings. The molecule has 108 valence electrons. The van der Waals surface area contributed by atoms with Crippen molar-refractivity contribution in [1.29, 1.82) is 0 Å². The van der Waals surface area contributed by atoms with E-state index >= 15 is 0 Å². The Kier molecular flexibility index (Phi) is 4.42. The van der Waals surface area contributed by atoms with Crippen LogP contribution in [-0.4, -0.2) is 28.8 Å². The van der Waals surface area contributed by atoms with Gasteiger partial charge in [-0.25, -0.2) is 0 Å². The minimum atomic E-state index is -0.484. The highest BCUT2D eigenvalue weighted by Gasteiger charge is 2.27. The maximum absolute atomic E-state index is 12.4. The zero-order valence-corrected chi connectivity index (χ0v) is 13.1. The highest BCUT2D eigenvalue weighted by Crippen LogP contribution is 2.28. The molecule has 0 spiro atoms. The van der Waals surface area contributed by atoms with Gasteiger partial charge in [0.25, 0.3) is 11.6 Å². The second-order valence-electron chi connectivity index (χ2n) is 5.42. The van der Waals surface area contributed by atoms with E-state index in [2.05, 4.69) is 29.8 Å². The number of nitro benzene ring substituents is 1. The molecule has 0 saturated carbocycles. The zero-order valence-electron chi connectivity index (χ0n) is 11.5. The number of rotatable bonds is 2. The van der Waals surface area contributed by atoms with Crippen molar-refractivity contribution in [3.8, 4) is 0 Å². The van der Waals surface area contributed by atoms with E-state index in [0.717, 1.165) is 6.42 Å². The van der Waals surface area contributed by atoms with Gasteiger partial charge < -0.3 is 4.90 Å². The van der Waals surface area contributed by atoms with Crippen molar-refractivity contribution in [2.24, 2.45) is 11.8 Å². The second-order valence-corrected chi connectivity index (χ2v) is 6.27. The van der Waals surface area contributed by atoms with Crippen molar-refractivity contribution in [3.05, 3.63) is 38.3 Å². The van der Waals surface area contributed by atoms with Gasteiger partial charge in [0.05, 0.1) is 9.40 Å². The van der Waals surface area contributed by atoms with E-state index in [0.29, 0.717) is 35.0 Å². The van der Waals surface area contributed by atoms with Crippen molar-refractivity contribution in [3.63, 3.8) is 0 Å². The minimum absolute atomic E-state index is 0.0747. The third-order valence-corrected chi connectivity index (χ3v) is 4.68. The van der Waals surface area contributed by atoms with Gasteiger partial charge in [-0.05, 0) is 46.3 Å². The first kappa shape index (κ1) is 15.0. The lowest BCUT2D eigenvalue weighted by Crippen LogP contribution is -2.42. The number of hydrogen-bond donors (Lipinski definition) is 0. The number of likely N-dealkylation sites (tertiary alicyclic amines) is 1. The molecular weight excluding hydrogens is 324 g/mol. The maximum atomic E-state index is 12.4. The molecule has 0 radical (unpaired) electrons. The summed E-state index contributed by atoms with van der Waals surface area (Å²) in [4.78, 5) is 24.6. The Balaban J connectivity index is 2.21. The van der Waals surface area contributed by atoms with Gasteiger partial charge in [-0.1, -0.05) is 13.8 Å². The Bertz CT molecular complexity index is 547. The van der Waals surface area contributed by atoms with Crippen LogP contribution in [0.15, 0.2) is 22.7 Å². The van der Waals surface area contributed by atoms with Crippen LogP contribution in [0.1, 0.15) is 30.6 Å². The van der Waals surface area contributed by atoms with Gasteiger partial charge in [-0.2, -0.15) is 0 Å². The lowest BCUT2D eigenvalue weighted by Gasteiger charge is -2.35. The first-order chi connectivity index (χ1) is 9.40. The normalized spacial score (nSPS) is 22.6. The fraction of sp³-hybridized carbons (Fsp3) is 0.500. The molecule has 1 aromatic carbocycles. The van der Waals surface area contributed by atoms with Crippen LogP contribution in [0, 0.1) is 22.0 Å². The van der Waals surface area contributed by atoms with Crippen LogP contribution in [0.3, 0.4) is 0 Å². The summed E-state index contributed by atoms with van der Waals surface area (Å²) in [5.41, 5.74) is 0.302. The van der Waals surface area contributed by atoms with E-state index in [-0.39, 0.29) is 11.6 Å². The molecule has 1 saturated heterocycles. The fourth-order valence-corrected chi connectivity index (χ4v) is 2.81. The summed E-state index contributed by atoms with van der Waals surface area (Å²) in [6.07, 6.45) is 0.978. The highest BCUT2D eigenvalue weighted by molar-refractivity contribution is 9.10. The maximum Gasteiger partial charge on any atom is 0.284 e. The molecule has 5 nitrogen and oxygen atoms in total. The lowest BCUT2D eigenvalue weighted by molar-refractivity contribution is -0.385. The summed E-state index contributed by atoms with van der Waals surface area (Å²) in [6.45, 7) is 5.75. The first-order valence-electron chi connectivity index (χ1n) is 6.63. The quantitative estimate of drug-likeness (QED) is 0.611. The number of nitrogens with zero attached hydrogens (tertiary/aromatic N) is 2. The number of halogens is 1.